The second kappa shape index (κ2) is 5.10. The first kappa shape index (κ1) is 13.1. The van der Waals surface area contributed by atoms with Crippen molar-refractivity contribution in [3.8, 4) is 0 Å². The highest BCUT2D eigenvalue weighted by Crippen LogP contribution is 2.17. The minimum atomic E-state index is -0.186. The van der Waals surface area contributed by atoms with Crippen LogP contribution in [0.4, 0.5) is 0 Å². The van der Waals surface area contributed by atoms with Crippen molar-refractivity contribution in [3.63, 3.8) is 0 Å². The quantitative estimate of drug-likeness (QED) is 0.823. The third-order valence-corrected chi connectivity index (χ3v) is 3.51. The molecular weight excluding hydrogens is 230 g/mol. The Kier molecular flexibility index (Phi) is 3.71. The van der Waals surface area contributed by atoms with Gasteiger partial charge in [0.2, 0.25) is 0 Å². The highest BCUT2D eigenvalue weighted by molar-refractivity contribution is 5.77. The fourth-order valence-electron chi connectivity index (χ4n) is 2.23. The normalized spacial score (nSPS) is 27.0. The molecule has 0 spiro atoms. The van der Waals surface area contributed by atoms with E-state index in [1.165, 1.54) is 0 Å². The van der Waals surface area contributed by atoms with Crippen molar-refractivity contribution in [2.75, 3.05) is 0 Å². The van der Waals surface area contributed by atoms with Crippen molar-refractivity contribution in [3.05, 3.63) is 18.0 Å². The van der Waals surface area contributed by atoms with Crippen LogP contribution in [0.2, 0.25) is 0 Å². The summed E-state index contributed by atoms with van der Waals surface area (Å²) in [6.07, 6.45) is 4.62. The molecule has 100 valence electrons. The maximum atomic E-state index is 11.6. The number of carbonyl (C=O) groups is 1. The lowest BCUT2D eigenvalue weighted by molar-refractivity contribution is -0.142. The molecule has 0 saturated carbocycles. The van der Waals surface area contributed by atoms with Crippen LogP contribution in [0, 0.1) is 6.92 Å². The van der Waals surface area contributed by atoms with Crippen molar-refractivity contribution >= 4 is 5.97 Å². The van der Waals surface area contributed by atoms with Crippen molar-refractivity contribution in [2.24, 2.45) is 0 Å². The Labute approximate surface area is 108 Å². The lowest BCUT2D eigenvalue weighted by Crippen LogP contribution is -2.43. The van der Waals surface area contributed by atoms with E-state index in [0.29, 0.717) is 0 Å². The maximum Gasteiger partial charge on any atom is 0.323 e. The smallest absolute Gasteiger partial charge is 0.323 e. The lowest BCUT2D eigenvalue weighted by atomic mass is 10.1. The molecule has 0 bridgehead atoms. The van der Waals surface area contributed by atoms with Crippen molar-refractivity contribution in [1.29, 1.82) is 0 Å². The summed E-state index contributed by atoms with van der Waals surface area (Å²) in [5, 5.41) is 7.64. The van der Waals surface area contributed by atoms with Crippen molar-refractivity contribution < 1.29 is 9.53 Å². The predicted molar refractivity (Wildman–Crippen MR) is 68.2 cm³/mol. The number of nitrogens with one attached hydrogen (secondary N) is 1. The average molecular weight is 251 g/mol. The number of cyclic esters (lactones) is 1. The highest BCUT2D eigenvalue weighted by Gasteiger charge is 2.33. The van der Waals surface area contributed by atoms with Crippen LogP contribution in [-0.4, -0.2) is 33.9 Å². The first-order valence-corrected chi connectivity index (χ1v) is 6.44. The molecule has 0 aromatic carbocycles. The van der Waals surface area contributed by atoms with Gasteiger partial charge in [0.25, 0.3) is 0 Å². The maximum absolute atomic E-state index is 11.6. The van der Waals surface area contributed by atoms with E-state index in [0.717, 1.165) is 12.0 Å². The van der Waals surface area contributed by atoms with E-state index in [-0.39, 0.29) is 30.2 Å². The Bertz CT molecular complexity index is 430. The first-order chi connectivity index (χ1) is 8.47. The molecule has 0 amide bonds. The summed E-state index contributed by atoms with van der Waals surface area (Å²) in [5.41, 5.74) is 1.14. The second-order valence-electron chi connectivity index (χ2n) is 5.23. The van der Waals surface area contributed by atoms with Crippen molar-refractivity contribution in [2.45, 2.75) is 58.3 Å². The Balaban J connectivity index is 1.95. The third kappa shape index (κ3) is 2.72. The number of rotatable bonds is 4. The van der Waals surface area contributed by atoms with Crippen LogP contribution in [0.25, 0.3) is 0 Å². The van der Waals surface area contributed by atoms with Gasteiger partial charge in [-0.25, -0.2) is 0 Å². The minimum absolute atomic E-state index is 0.0180. The van der Waals surface area contributed by atoms with Crippen LogP contribution in [0.1, 0.15) is 38.8 Å². The molecule has 1 aromatic heterocycles. The van der Waals surface area contributed by atoms with Gasteiger partial charge in [0, 0.05) is 18.7 Å². The van der Waals surface area contributed by atoms with Gasteiger partial charge in [-0.3, -0.25) is 14.8 Å². The van der Waals surface area contributed by atoms with Crippen LogP contribution >= 0.6 is 0 Å². The van der Waals surface area contributed by atoms with Gasteiger partial charge >= 0.3 is 5.97 Å². The van der Waals surface area contributed by atoms with Crippen LogP contribution in [0.3, 0.4) is 0 Å². The SMILES string of the molecule is Cc1cnn([C@H](C)[C@H](C)N[C@@H]2C[C@H](C)OC2=O)c1. The average Bonchev–Trinajstić information content (AvgIpc) is 2.85. The molecular formula is C13H21N3O2. The molecule has 0 unspecified atom stereocenters. The molecule has 2 rings (SSSR count). The molecule has 1 aliphatic rings. The Morgan fingerprint density at radius 2 is 2.28 bits per heavy atom. The van der Waals surface area contributed by atoms with E-state index in [1.807, 2.05) is 30.9 Å². The van der Waals surface area contributed by atoms with E-state index in [9.17, 15) is 4.79 Å². The molecule has 2 heterocycles. The molecule has 1 aliphatic heterocycles. The largest absolute Gasteiger partial charge is 0.461 e. The summed E-state index contributed by atoms with van der Waals surface area (Å²) >= 11 is 0. The summed E-state index contributed by atoms with van der Waals surface area (Å²) in [5.74, 6) is -0.141. The Morgan fingerprint density at radius 3 is 2.78 bits per heavy atom. The van der Waals surface area contributed by atoms with Crippen LogP contribution < -0.4 is 5.32 Å². The van der Waals surface area contributed by atoms with Crippen LogP contribution in [0.5, 0.6) is 0 Å². The number of nitrogens with zero attached hydrogens (tertiary/aromatic N) is 2. The molecule has 0 radical (unpaired) electrons. The summed E-state index contributed by atoms with van der Waals surface area (Å²) < 4.78 is 7.07. The highest BCUT2D eigenvalue weighted by atomic mass is 16.6. The lowest BCUT2D eigenvalue weighted by Gasteiger charge is -2.23. The Morgan fingerprint density at radius 1 is 1.56 bits per heavy atom. The predicted octanol–water partition coefficient (Wildman–Crippen LogP) is 1.43. The van der Waals surface area contributed by atoms with Gasteiger partial charge in [0.15, 0.2) is 0 Å². The van der Waals surface area contributed by atoms with E-state index in [4.69, 9.17) is 4.74 Å². The van der Waals surface area contributed by atoms with Gasteiger partial charge in [-0.2, -0.15) is 5.10 Å². The number of hydrogen-bond donors (Lipinski definition) is 1. The van der Waals surface area contributed by atoms with Gasteiger partial charge in [-0.1, -0.05) is 0 Å². The first-order valence-electron chi connectivity index (χ1n) is 6.44. The molecule has 0 aliphatic carbocycles. The molecule has 4 atom stereocenters. The fourth-order valence-corrected chi connectivity index (χ4v) is 2.23. The van der Waals surface area contributed by atoms with Gasteiger partial charge in [0.1, 0.15) is 12.1 Å². The molecule has 5 heteroatoms. The van der Waals surface area contributed by atoms with Crippen molar-refractivity contribution in [1.82, 2.24) is 15.1 Å². The monoisotopic (exact) mass is 251 g/mol. The van der Waals surface area contributed by atoms with Gasteiger partial charge in [0.05, 0.1) is 12.2 Å². The number of aryl methyl sites for hydroxylation is 1. The number of hydrogen-bond acceptors (Lipinski definition) is 4. The van der Waals surface area contributed by atoms with E-state index < -0.39 is 0 Å². The summed E-state index contributed by atoms with van der Waals surface area (Å²) in [4.78, 5) is 11.6. The van der Waals surface area contributed by atoms with Crippen LogP contribution in [0.15, 0.2) is 12.4 Å². The van der Waals surface area contributed by atoms with E-state index >= 15 is 0 Å². The summed E-state index contributed by atoms with van der Waals surface area (Å²) in [7, 11) is 0. The molecule has 18 heavy (non-hydrogen) atoms. The second-order valence-corrected chi connectivity index (χ2v) is 5.23. The Hall–Kier alpha value is -1.36. The molecule has 1 saturated heterocycles. The van der Waals surface area contributed by atoms with Gasteiger partial charge in [-0.15, -0.1) is 0 Å². The topological polar surface area (TPSA) is 56.1 Å². The fraction of sp³-hybridized carbons (Fsp3) is 0.692. The number of aromatic nitrogens is 2. The van der Waals surface area contributed by atoms with E-state index in [2.05, 4.69) is 24.3 Å². The zero-order chi connectivity index (χ0) is 13.3. The zero-order valence-electron chi connectivity index (χ0n) is 11.4. The molecule has 1 fully saturated rings. The molecule has 5 nitrogen and oxygen atoms in total. The third-order valence-electron chi connectivity index (χ3n) is 3.51. The standard InChI is InChI=1S/C13H21N3O2/c1-8-6-14-16(7-8)11(4)10(3)15-12-5-9(2)18-13(12)17/h6-7,9-12,15H,5H2,1-4H3/t9-,10-,11+,12+/m0/s1. The van der Waals surface area contributed by atoms with Crippen LogP contribution in [-0.2, 0) is 9.53 Å². The number of esters is 1. The minimum Gasteiger partial charge on any atom is -0.461 e. The summed E-state index contributed by atoms with van der Waals surface area (Å²) in [6.45, 7) is 8.10. The number of carbonyl (C=O) groups excluding carboxylic acids is 1. The number of ether oxygens (including phenoxy) is 1. The molecule has 1 aromatic rings. The zero-order valence-corrected chi connectivity index (χ0v) is 11.4. The van der Waals surface area contributed by atoms with E-state index in [1.54, 1.807) is 0 Å². The molecule has 1 N–H and O–H groups in total. The summed E-state index contributed by atoms with van der Waals surface area (Å²) in [6, 6.07) is 0.170. The van der Waals surface area contributed by atoms with Gasteiger partial charge < -0.3 is 4.74 Å². The van der Waals surface area contributed by atoms with Gasteiger partial charge in [-0.05, 0) is 33.3 Å².